The fraction of sp³-hybridized carbons (Fsp3) is 0.550. The van der Waals surface area contributed by atoms with Gasteiger partial charge in [0.1, 0.15) is 18.0 Å². The third kappa shape index (κ3) is 4.24. The molecular formula is C20H26INO8. The number of methoxy groups -OCH3 is 4. The van der Waals surface area contributed by atoms with E-state index in [9.17, 15) is 4.79 Å². The molecule has 9 nitrogen and oxygen atoms in total. The monoisotopic (exact) mass is 535 g/mol. The number of benzene rings is 1. The van der Waals surface area contributed by atoms with E-state index in [0.29, 0.717) is 23.5 Å². The molecule has 10 heteroatoms. The predicted octanol–water partition coefficient (Wildman–Crippen LogP) is 2.86. The van der Waals surface area contributed by atoms with E-state index < -0.39 is 23.6 Å². The Morgan fingerprint density at radius 1 is 1.23 bits per heavy atom. The van der Waals surface area contributed by atoms with Crippen molar-refractivity contribution in [2.45, 2.75) is 37.6 Å². The van der Waals surface area contributed by atoms with Crippen LogP contribution in [0.1, 0.15) is 24.2 Å². The number of rotatable bonds is 6. The van der Waals surface area contributed by atoms with E-state index in [1.165, 1.54) is 34.7 Å². The molecule has 0 bridgehead atoms. The van der Waals surface area contributed by atoms with Crippen molar-refractivity contribution in [2.24, 2.45) is 0 Å². The predicted molar refractivity (Wildman–Crippen MR) is 115 cm³/mol. The highest BCUT2D eigenvalue weighted by Gasteiger charge is 2.58. The number of hydrogen-bond acceptors (Lipinski definition) is 9. The number of carbonyl (C=O) groups excluding carboxylic acids is 1. The van der Waals surface area contributed by atoms with Crippen molar-refractivity contribution in [1.82, 2.24) is 0 Å². The SMILES string of the molecule is CO/C=C\[C@@]1(OC)ON(c2cc(C(=O)OC)cc(OC)c2I)C[C@@H]2OC(C)(C)O[C@@H]21. The van der Waals surface area contributed by atoms with Crippen LogP contribution >= 0.6 is 22.6 Å². The van der Waals surface area contributed by atoms with Crippen LogP contribution in [0.25, 0.3) is 0 Å². The summed E-state index contributed by atoms with van der Waals surface area (Å²) in [5.41, 5.74) is 0.934. The molecule has 2 fully saturated rings. The minimum atomic E-state index is -1.32. The van der Waals surface area contributed by atoms with Crippen molar-refractivity contribution in [3.05, 3.63) is 33.6 Å². The van der Waals surface area contributed by atoms with Gasteiger partial charge in [0, 0.05) is 13.2 Å². The lowest BCUT2D eigenvalue weighted by Gasteiger charge is -2.45. The summed E-state index contributed by atoms with van der Waals surface area (Å²) in [5, 5.41) is 1.62. The summed E-state index contributed by atoms with van der Waals surface area (Å²) in [7, 11) is 5.91. The Hall–Kier alpha value is -1.60. The van der Waals surface area contributed by atoms with Crippen molar-refractivity contribution < 1.29 is 38.1 Å². The number of halogens is 1. The van der Waals surface area contributed by atoms with Crippen LogP contribution in [0.2, 0.25) is 0 Å². The van der Waals surface area contributed by atoms with Gasteiger partial charge in [0.05, 0.1) is 49.0 Å². The van der Waals surface area contributed by atoms with Crippen LogP contribution in [0.15, 0.2) is 24.5 Å². The fourth-order valence-corrected chi connectivity index (χ4v) is 4.34. The molecule has 2 saturated heterocycles. The van der Waals surface area contributed by atoms with Crippen LogP contribution in [-0.2, 0) is 28.5 Å². The number of esters is 1. The Balaban J connectivity index is 2.08. The number of fused-ring (bicyclic) bond motifs is 1. The molecule has 30 heavy (non-hydrogen) atoms. The number of carbonyl (C=O) groups is 1. The van der Waals surface area contributed by atoms with Crippen molar-refractivity contribution >= 4 is 34.2 Å². The van der Waals surface area contributed by atoms with Crippen LogP contribution in [0.4, 0.5) is 5.69 Å². The molecule has 0 aliphatic carbocycles. The molecule has 2 aliphatic rings. The van der Waals surface area contributed by atoms with Crippen molar-refractivity contribution in [3.63, 3.8) is 0 Å². The van der Waals surface area contributed by atoms with Crippen LogP contribution in [-0.4, -0.2) is 64.7 Å². The summed E-state index contributed by atoms with van der Waals surface area (Å²) < 4.78 is 34.2. The van der Waals surface area contributed by atoms with Gasteiger partial charge in [0.25, 0.3) is 0 Å². The van der Waals surface area contributed by atoms with Crippen molar-refractivity contribution in [3.8, 4) is 5.75 Å². The molecule has 0 saturated carbocycles. The van der Waals surface area contributed by atoms with Gasteiger partial charge in [-0.05, 0) is 48.6 Å². The summed E-state index contributed by atoms with van der Waals surface area (Å²) in [6, 6.07) is 3.30. The summed E-state index contributed by atoms with van der Waals surface area (Å²) in [6.07, 6.45) is 2.19. The highest BCUT2D eigenvalue weighted by molar-refractivity contribution is 14.1. The highest BCUT2D eigenvalue weighted by atomic mass is 127. The first-order chi connectivity index (χ1) is 14.2. The van der Waals surface area contributed by atoms with E-state index in [4.69, 9.17) is 33.3 Å². The van der Waals surface area contributed by atoms with E-state index in [0.717, 1.165) is 3.57 Å². The Bertz CT molecular complexity index is 829. The van der Waals surface area contributed by atoms with E-state index in [1.807, 2.05) is 13.8 Å². The van der Waals surface area contributed by atoms with Gasteiger partial charge in [-0.1, -0.05) is 0 Å². The second-order valence-corrected chi connectivity index (χ2v) is 8.29. The summed E-state index contributed by atoms with van der Waals surface area (Å²) in [4.78, 5) is 18.5. The molecule has 0 spiro atoms. The van der Waals surface area contributed by atoms with Crippen LogP contribution in [0.3, 0.4) is 0 Å². The minimum absolute atomic E-state index is 0.329. The van der Waals surface area contributed by atoms with E-state index in [1.54, 1.807) is 23.3 Å². The first-order valence-electron chi connectivity index (χ1n) is 9.24. The Kier molecular flexibility index (Phi) is 6.82. The summed E-state index contributed by atoms with van der Waals surface area (Å²) in [5.74, 6) is -2.11. The molecule has 1 aromatic carbocycles. The maximum absolute atomic E-state index is 12.2. The van der Waals surface area contributed by atoms with Crippen LogP contribution in [0.5, 0.6) is 5.75 Å². The molecular weight excluding hydrogens is 509 g/mol. The van der Waals surface area contributed by atoms with Gasteiger partial charge in [-0.3, -0.25) is 0 Å². The molecule has 3 rings (SSSR count). The lowest BCUT2D eigenvalue weighted by molar-refractivity contribution is -0.276. The Labute approximate surface area is 189 Å². The molecule has 0 amide bonds. The van der Waals surface area contributed by atoms with Crippen molar-refractivity contribution in [1.29, 1.82) is 0 Å². The molecule has 0 radical (unpaired) electrons. The molecule has 0 unspecified atom stereocenters. The molecule has 2 heterocycles. The number of anilines is 1. The van der Waals surface area contributed by atoms with E-state index in [-0.39, 0.29) is 6.10 Å². The molecule has 1 aromatic rings. The lowest BCUT2D eigenvalue weighted by Crippen LogP contribution is -2.61. The zero-order valence-corrected chi connectivity index (χ0v) is 19.9. The van der Waals surface area contributed by atoms with Gasteiger partial charge in [-0.15, -0.1) is 0 Å². The van der Waals surface area contributed by atoms with Crippen molar-refractivity contribution in [2.75, 3.05) is 40.0 Å². The average Bonchev–Trinajstić information content (AvgIpc) is 3.05. The quantitative estimate of drug-likeness (QED) is 0.310. The summed E-state index contributed by atoms with van der Waals surface area (Å²) >= 11 is 2.14. The zero-order valence-electron chi connectivity index (χ0n) is 17.8. The van der Waals surface area contributed by atoms with Crippen LogP contribution in [0, 0.1) is 3.57 Å². The number of hydrogen-bond donors (Lipinski definition) is 0. The van der Waals surface area contributed by atoms with E-state index >= 15 is 0 Å². The van der Waals surface area contributed by atoms with Gasteiger partial charge < -0.3 is 28.4 Å². The van der Waals surface area contributed by atoms with Gasteiger partial charge in [-0.2, -0.15) is 0 Å². The Morgan fingerprint density at radius 2 is 1.97 bits per heavy atom. The van der Waals surface area contributed by atoms with Gasteiger partial charge in [0.15, 0.2) is 5.79 Å². The zero-order chi connectivity index (χ0) is 22.1. The topological polar surface area (TPSA) is 84.9 Å². The fourth-order valence-electron chi connectivity index (χ4n) is 3.54. The number of nitrogens with zero attached hydrogens (tertiary/aromatic N) is 1. The standard InChI is InChI=1S/C20H26INO8/c1-19(2)28-15-11-22(30-20(27-6,7-8-24-3)17(15)29-19)13-9-12(18(23)26-5)10-14(25-4)16(13)21/h7-10,15,17H,11H2,1-6H3/b8-7-/t15-,17-,20+/m0/s1. The second-order valence-electron chi connectivity index (χ2n) is 7.21. The maximum Gasteiger partial charge on any atom is 0.338 e. The third-order valence-corrected chi connectivity index (χ3v) is 5.95. The maximum atomic E-state index is 12.2. The second kappa shape index (κ2) is 8.87. The molecule has 2 aliphatic heterocycles. The third-order valence-electron chi connectivity index (χ3n) is 4.86. The minimum Gasteiger partial charge on any atom is -0.504 e. The largest absolute Gasteiger partial charge is 0.504 e. The summed E-state index contributed by atoms with van der Waals surface area (Å²) in [6.45, 7) is 4.01. The van der Waals surface area contributed by atoms with Crippen LogP contribution < -0.4 is 9.80 Å². The smallest absolute Gasteiger partial charge is 0.338 e. The molecule has 0 N–H and O–H groups in total. The Morgan fingerprint density at radius 3 is 2.57 bits per heavy atom. The normalized spacial score (nSPS) is 27.8. The lowest BCUT2D eigenvalue weighted by atomic mass is 10.0. The first kappa shape index (κ1) is 23.1. The van der Waals surface area contributed by atoms with Gasteiger partial charge >= 0.3 is 5.97 Å². The number of ether oxygens (including phenoxy) is 6. The molecule has 3 atom stereocenters. The highest BCUT2D eigenvalue weighted by Crippen LogP contribution is 2.44. The molecule has 166 valence electrons. The molecule has 0 aromatic heterocycles. The first-order valence-corrected chi connectivity index (χ1v) is 10.3. The van der Waals surface area contributed by atoms with Gasteiger partial charge in [-0.25, -0.2) is 14.7 Å². The van der Waals surface area contributed by atoms with Gasteiger partial charge in [0.2, 0.25) is 5.79 Å². The number of hydroxylamine groups is 1. The average molecular weight is 535 g/mol. The van der Waals surface area contributed by atoms with E-state index in [2.05, 4.69) is 22.6 Å².